The van der Waals surface area contributed by atoms with E-state index < -0.39 is 11.4 Å². The van der Waals surface area contributed by atoms with E-state index in [0.717, 1.165) is 5.56 Å². The van der Waals surface area contributed by atoms with Crippen molar-refractivity contribution in [3.05, 3.63) is 28.0 Å². The van der Waals surface area contributed by atoms with Gasteiger partial charge in [-0.25, -0.2) is 4.39 Å². The summed E-state index contributed by atoms with van der Waals surface area (Å²) in [6, 6.07) is 2.96. The van der Waals surface area contributed by atoms with Gasteiger partial charge in [-0.1, -0.05) is 6.92 Å². The van der Waals surface area contributed by atoms with E-state index in [1.165, 1.54) is 6.07 Å². The van der Waals surface area contributed by atoms with Crippen LogP contribution in [0.15, 0.2) is 16.6 Å². The molecule has 0 aliphatic carbocycles. The van der Waals surface area contributed by atoms with Crippen LogP contribution in [0.5, 0.6) is 0 Å². The molecule has 0 unspecified atom stereocenters. The van der Waals surface area contributed by atoms with Crippen LogP contribution in [-0.2, 0) is 4.79 Å². The lowest BCUT2D eigenvalue weighted by Crippen LogP contribution is -2.49. The number of nitrogens with one attached hydrogen (secondary N) is 2. The maximum atomic E-state index is 13.4. The summed E-state index contributed by atoms with van der Waals surface area (Å²) in [6.07, 6.45) is 0. The number of amides is 1. The van der Waals surface area contributed by atoms with Crippen LogP contribution in [0.2, 0.25) is 0 Å². The number of benzene rings is 1. The largest absolute Gasteiger partial charge is 0.324 e. The normalized spacial score (nSPS) is 11.4. The molecule has 0 heterocycles. The molecule has 18 heavy (non-hydrogen) atoms. The van der Waals surface area contributed by atoms with Gasteiger partial charge in [-0.05, 0) is 60.9 Å². The van der Waals surface area contributed by atoms with Gasteiger partial charge in [0, 0.05) is 5.69 Å². The van der Waals surface area contributed by atoms with Crippen molar-refractivity contribution in [3.63, 3.8) is 0 Å². The minimum absolute atomic E-state index is 0.186. The zero-order valence-electron chi connectivity index (χ0n) is 11.0. The van der Waals surface area contributed by atoms with E-state index >= 15 is 0 Å². The van der Waals surface area contributed by atoms with Gasteiger partial charge in [0.2, 0.25) is 5.91 Å². The molecule has 2 N–H and O–H groups in total. The lowest BCUT2D eigenvalue weighted by molar-refractivity contribution is -0.121. The van der Waals surface area contributed by atoms with E-state index in [1.54, 1.807) is 19.9 Å². The van der Waals surface area contributed by atoms with Crippen LogP contribution in [0, 0.1) is 12.7 Å². The predicted octanol–water partition coefficient (Wildman–Crippen LogP) is 3.22. The summed E-state index contributed by atoms with van der Waals surface area (Å²) < 4.78 is 13.8. The Morgan fingerprint density at radius 3 is 2.61 bits per heavy atom. The average Bonchev–Trinajstić information content (AvgIpc) is 2.25. The molecule has 0 radical (unpaired) electrons. The number of carbonyl (C=O) groups excluding carboxylic acids is 1. The van der Waals surface area contributed by atoms with Gasteiger partial charge in [0.15, 0.2) is 0 Å². The summed E-state index contributed by atoms with van der Waals surface area (Å²) in [5, 5.41) is 5.81. The molecule has 1 aromatic carbocycles. The van der Waals surface area contributed by atoms with Crippen molar-refractivity contribution in [2.24, 2.45) is 0 Å². The Balaban J connectivity index is 2.92. The minimum Gasteiger partial charge on any atom is -0.324 e. The first-order valence-electron chi connectivity index (χ1n) is 5.80. The molecule has 3 nitrogen and oxygen atoms in total. The van der Waals surface area contributed by atoms with Crippen LogP contribution in [-0.4, -0.2) is 18.0 Å². The highest BCUT2D eigenvalue weighted by Crippen LogP contribution is 2.24. The molecular weight excluding hydrogens is 299 g/mol. The Bertz CT molecular complexity index is 461. The Kier molecular flexibility index (Phi) is 4.87. The first-order valence-corrected chi connectivity index (χ1v) is 6.59. The molecule has 1 rings (SSSR count). The lowest BCUT2D eigenvalue weighted by atomic mass is 10.0. The topological polar surface area (TPSA) is 41.1 Å². The molecule has 1 aromatic rings. The third kappa shape index (κ3) is 3.53. The molecule has 0 bridgehead atoms. The molecule has 0 atom stereocenters. The molecular formula is C13H18BrFN2O. The fraction of sp³-hybridized carbons (Fsp3) is 0.462. The predicted molar refractivity (Wildman–Crippen MR) is 75.2 cm³/mol. The summed E-state index contributed by atoms with van der Waals surface area (Å²) in [5.41, 5.74) is 0.612. The van der Waals surface area contributed by atoms with E-state index in [0.29, 0.717) is 16.7 Å². The second kappa shape index (κ2) is 5.80. The van der Waals surface area contributed by atoms with Crippen molar-refractivity contribution in [2.45, 2.75) is 33.2 Å². The average molecular weight is 317 g/mol. The Labute approximate surface area is 115 Å². The molecule has 0 spiro atoms. The third-order valence-electron chi connectivity index (χ3n) is 2.70. The van der Waals surface area contributed by atoms with Gasteiger partial charge in [0.05, 0.1) is 10.0 Å². The fourth-order valence-corrected chi connectivity index (χ4v) is 2.04. The second-order valence-electron chi connectivity index (χ2n) is 4.69. The van der Waals surface area contributed by atoms with E-state index in [9.17, 15) is 9.18 Å². The van der Waals surface area contributed by atoms with E-state index in [4.69, 9.17) is 0 Å². The maximum absolute atomic E-state index is 13.4. The van der Waals surface area contributed by atoms with Crippen LogP contribution in [0.4, 0.5) is 10.1 Å². The first kappa shape index (κ1) is 15.1. The summed E-state index contributed by atoms with van der Waals surface area (Å²) in [7, 11) is 0. The molecule has 0 aliphatic rings. The summed E-state index contributed by atoms with van der Waals surface area (Å²) in [4.78, 5) is 12.1. The summed E-state index contributed by atoms with van der Waals surface area (Å²) in [6.45, 7) is 8.01. The number of likely N-dealkylation sites (N-methyl/N-ethyl adjacent to an activating group) is 1. The van der Waals surface area contributed by atoms with Gasteiger partial charge in [-0.2, -0.15) is 0 Å². The van der Waals surface area contributed by atoms with Crippen LogP contribution in [0.25, 0.3) is 0 Å². The molecule has 1 amide bonds. The fourth-order valence-electron chi connectivity index (χ4n) is 1.58. The van der Waals surface area contributed by atoms with Gasteiger partial charge in [-0.3, -0.25) is 4.79 Å². The van der Waals surface area contributed by atoms with E-state index in [2.05, 4.69) is 26.6 Å². The van der Waals surface area contributed by atoms with Gasteiger partial charge >= 0.3 is 0 Å². The zero-order chi connectivity index (χ0) is 13.9. The van der Waals surface area contributed by atoms with Gasteiger partial charge in [0.25, 0.3) is 0 Å². The van der Waals surface area contributed by atoms with Crippen LogP contribution in [0.1, 0.15) is 26.3 Å². The standard InChI is InChI=1S/C13H18BrFN2O/c1-5-16-13(3,4)12(18)17-11-7-10(15)9(14)6-8(11)2/h6-7,16H,5H2,1-4H3,(H,17,18). The quantitative estimate of drug-likeness (QED) is 0.895. The van der Waals surface area contributed by atoms with Gasteiger partial charge in [-0.15, -0.1) is 0 Å². The maximum Gasteiger partial charge on any atom is 0.244 e. The third-order valence-corrected chi connectivity index (χ3v) is 3.31. The smallest absolute Gasteiger partial charge is 0.244 e. The SMILES string of the molecule is CCNC(C)(C)C(=O)Nc1cc(F)c(Br)cc1C. The van der Waals surface area contributed by atoms with Crippen LogP contribution < -0.4 is 10.6 Å². The lowest BCUT2D eigenvalue weighted by Gasteiger charge is -2.25. The van der Waals surface area contributed by atoms with Crippen LogP contribution >= 0.6 is 15.9 Å². The summed E-state index contributed by atoms with van der Waals surface area (Å²) in [5.74, 6) is -0.577. The van der Waals surface area contributed by atoms with Gasteiger partial charge in [0.1, 0.15) is 5.82 Å². The first-order chi connectivity index (χ1) is 8.27. The van der Waals surface area contributed by atoms with E-state index in [-0.39, 0.29) is 5.91 Å². The molecule has 0 saturated carbocycles. The highest BCUT2D eigenvalue weighted by atomic mass is 79.9. The second-order valence-corrected chi connectivity index (χ2v) is 5.55. The molecule has 0 fully saturated rings. The molecule has 0 aromatic heterocycles. The van der Waals surface area contributed by atoms with Crippen molar-refractivity contribution in [2.75, 3.05) is 11.9 Å². The monoisotopic (exact) mass is 316 g/mol. The Morgan fingerprint density at radius 2 is 2.06 bits per heavy atom. The molecule has 0 aliphatic heterocycles. The highest BCUT2D eigenvalue weighted by molar-refractivity contribution is 9.10. The van der Waals surface area contributed by atoms with Crippen molar-refractivity contribution in [1.82, 2.24) is 5.32 Å². The van der Waals surface area contributed by atoms with Crippen molar-refractivity contribution in [3.8, 4) is 0 Å². The van der Waals surface area contributed by atoms with Gasteiger partial charge < -0.3 is 10.6 Å². The van der Waals surface area contributed by atoms with Crippen molar-refractivity contribution in [1.29, 1.82) is 0 Å². The van der Waals surface area contributed by atoms with Crippen molar-refractivity contribution >= 4 is 27.5 Å². The number of hydrogen-bond acceptors (Lipinski definition) is 2. The number of halogens is 2. The number of hydrogen-bond donors (Lipinski definition) is 2. The number of anilines is 1. The summed E-state index contributed by atoms with van der Waals surface area (Å²) >= 11 is 3.11. The zero-order valence-corrected chi connectivity index (χ0v) is 12.6. The van der Waals surface area contributed by atoms with Crippen LogP contribution in [0.3, 0.4) is 0 Å². The Morgan fingerprint density at radius 1 is 1.44 bits per heavy atom. The minimum atomic E-state index is -0.690. The number of carbonyl (C=O) groups is 1. The van der Waals surface area contributed by atoms with E-state index in [1.807, 2.05) is 13.8 Å². The molecule has 5 heteroatoms. The molecule has 0 saturated heterocycles. The molecule has 100 valence electrons. The van der Waals surface area contributed by atoms with Crippen molar-refractivity contribution < 1.29 is 9.18 Å². The number of rotatable bonds is 4. The highest BCUT2D eigenvalue weighted by Gasteiger charge is 2.26. The number of aryl methyl sites for hydroxylation is 1. The Hall–Kier alpha value is -0.940.